The molecule has 5 heteroatoms. The molecule has 0 aromatic rings. The van der Waals surface area contributed by atoms with Crippen LogP contribution in [0.3, 0.4) is 0 Å². The highest BCUT2D eigenvalue weighted by Crippen LogP contribution is 2.11. The van der Waals surface area contributed by atoms with Crippen LogP contribution < -0.4 is 0 Å². The SMILES string of the molecule is O=C1C=C[C@@H]([C@@H](O)[C@H](O)CO)O1. The lowest BCUT2D eigenvalue weighted by molar-refractivity contribution is -0.147. The van der Waals surface area contributed by atoms with Crippen LogP contribution in [0.4, 0.5) is 0 Å². The lowest BCUT2D eigenvalue weighted by Gasteiger charge is -2.19. The van der Waals surface area contributed by atoms with Crippen LogP contribution >= 0.6 is 0 Å². The second-order valence-corrected chi connectivity index (χ2v) is 2.50. The van der Waals surface area contributed by atoms with E-state index < -0.39 is 30.9 Å². The van der Waals surface area contributed by atoms with Crippen LogP contribution in [-0.4, -0.2) is 46.2 Å². The summed E-state index contributed by atoms with van der Waals surface area (Å²) in [6.45, 7) is -0.566. The Labute approximate surface area is 68.9 Å². The molecule has 0 aliphatic carbocycles. The highest BCUT2D eigenvalue weighted by atomic mass is 16.6. The molecule has 0 saturated carbocycles. The predicted octanol–water partition coefficient (Wildman–Crippen LogP) is -1.82. The maximum Gasteiger partial charge on any atom is 0.331 e. The van der Waals surface area contributed by atoms with Crippen molar-refractivity contribution in [3.8, 4) is 0 Å². The van der Waals surface area contributed by atoms with E-state index in [1.54, 1.807) is 0 Å². The third kappa shape index (κ3) is 1.82. The Hall–Kier alpha value is -0.910. The van der Waals surface area contributed by atoms with Gasteiger partial charge in [0.05, 0.1) is 6.61 Å². The molecule has 1 aliphatic rings. The molecule has 0 amide bonds. The summed E-state index contributed by atoms with van der Waals surface area (Å²) in [6.07, 6.45) is -0.896. The fourth-order valence-electron chi connectivity index (χ4n) is 0.897. The number of carbonyl (C=O) groups excluding carboxylic acids is 1. The first-order chi connectivity index (χ1) is 5.65. The van der Waals surface area contributed by atoms with Gasteiger partial charge < -0.3 is 20.1 Å². The molecule has 0 fully saturated rings. The van der Waals surface area contributed by atoms with E-state index in [0.717, 1.165) is 6.08 Å². The Morgan fingerprint density at radius 2 is 2.25 bits per heavy atom. The van der Waals surface area contributed by atoms with E-state index in [2.05, 4.69) is 4.74 Å². The molecule has 0 aromatic carbocycles. The van der Waals surface area contributed by atoms with Gasteiger partial charge in [0, 0.05) is 6.08 Å². The van der Waals surface area contributed by atoms with Crippen molar-refractivity contribution >= 4 is 5.97 Å². The highest BCUT2D eigenvalue weighted by molar-refractivity contribution is 5.84. The minimum absolute atomic E-state index is 0.552. The van der Waals surface area contributed by atoms with Crippen LogP contribution in [0.15, 0.2) is 12.2 Å². The molecule has 0 spiro atoms. The van der Waals surface area contributed by atoms with Crippen LogP contribution in [0, 0.1) is 0 Å². The van der Waals surface area contributed by atoms with Gasteiger partial charge in [-0.3, -0.25) is 0 Å². The molecule has 0 saturated heterocycles. The number of esters is 1. The van der Waals surface area contributed by atoms with E-state index >= 15 is 0 Å². The summed E-state index contributed by atoms with van der Waals surface area (Å²) in [4.78, 5) is 10.5. The number of aliphatic hydroxyl groups is 3. The molecule has 1 aliphatic heterocycles. The van der Waals surface area contributed by atoms with E-state index in [1.807, 2.05) is 0 Å². The van der Waals surface area contributed by atoms with Crippen molar-refractivity contribution < 1.29 is 24.9 Å². The highest BCUT2D eigenvalue weighted by Gasteiger charge is 2.29. The Kier molecular flexibility index (Phi) is 2.80. The van der Waals surface area contributed by atoms with Crippen molar-refractivity contribution in [2.75, 3.05) is 6.61 Å². The summed E-state index contributed by atoms with van der Waals surface area (Å²) in [5.74, 6) is -0.552. The molecule has 0 bridgehead atoms. The van der Waals surface area contributed by atoms with Crippen LogP contribution in [0.25, 0.3) is 0 Å². The standard InChI is InChI=1S/C7H10O5/c8-3-4(9)7(11)5-1-2-6(10)12-5/h1-2,4-5,7-9,11H,3H2/t4-,5+,7+/m1/s1. The summed E-state index contributed by atoms with van der Waals surface area (Å²) in [7, 11) is 0. The molecule has 12 heavy (non-hydrogen) atoms. The van der Waals surface area contributed by atoms with Crippen molar-refractivity contribution in [2.24, 2.45) is 0 Å². The second kappa shape index (κ2) is 3.66. The van der Waals surface area contributed by atoms with E-state index in [0.29, 0.717) is 0 Å². The van der Waals surface area contributed by atoms with E-state index in [1.165, 1.54) is 6.08 Å². The molecule has 0 radical (unpaired) electrons. The number of ether oxygens (including phenoxy) is 1. The smallest absolute Gasteiger partial charge is 0.331 e. The zero-order chi connectivity index (χ0) is 9.14. The van der Waals surface area contributed by atoms with Crippen molar-refractivity contribution in [3.63, 3.8) is 0 Å². The Bertz CT molecular complexity index is 200. The molecular formula is C7H10O5. The van der Waals surface area contributed by atoms with Gasteiger partial charge in [0.2, 0.25) is 0 Å². The summed E-state index contributed by atoms with van der Waals surface area (Å²) in [6, 6.07) is 0. The van der Waals surface area contributed by atoms with Gasteiger partial charge >= 0.3 is 5.97 Å². The maximum absolute atomic E-state index is 10.5. The third-order valence-electron chi connectivity index (χ3n) is 1.59. The average molecular weight is 174 g/mol. The molecule has 0 unspecified atom stereocenters. The number of carbonyl (C=O) groups is 1. The van der Waals surface area contributed by atoms with Gasteiger partial charge in [0.1, 0.15) is 18.3 Å². The van der Waals surface area contributed by atoms with Gasteiger partial charge in [-0.15, -0.1) is 0 Å². The van der Waals surface area contributed by atoms with Gasteiger partial charge in [0.25, 0.3) is 0 Å². The zero-order valence-electron chi connectivity index (χ0n) is 6.25. The maximum atomic E-state index is 10.5. The fraction of sp³-hybridized carbons (Fsp3) is 0.571. The van der Waals surface area contributed by atoms with Crippen LogP contribution in [0.2, 0.25) is 0 Å². The molecule has 3 atom stereocenters. The molecule has 3 N–H and O–H groups in total. The lowest BCUT2D eigenvalue weighted by Crippen LogP contribution is -2.39. The number of hydrogen-bond donors (Lipinski definition) is 3. The predicted molar refractivity (Wildman–Crippen MR) is 38.1 cm³/mol. The van der Waals surface area contributed by atoms with Gasteiger partial charge in [-0.25, -0.2) is 4.79 Å². The average Bonchev–Trinajstić information content (AvgIpc) is 2.49. The van der Waals surface area contributed by atoms with E-state index in [-0.39, 0.29) is 0 Å². The number of hydrogen-bond acceptors (Lipinski definition) is 5. The molecular weight excluding hydrogens is 164 g/mol. The molecule has 1 rings (SSSR count). The Morgan fingerprint density at radius 3 is 2.67 bits per heavy atom. The number of aliphatic hydroxyl groups excluding tert-OH is 3. The normalized spacial score (nSPS) is 26.9. The van der Waals surface area contributed by atoms with Crippen molar-refractivity contribution in [1.29, 1.82) is 0 Å². The van der Waals surface area contributed by atoms with Crippen LogP contribution in [0.1, 0.15) is 0 Å². The number of rotatable bonds is 3. The first-order valence-electron chi connectivity index (χ1n) is 3.51. The summed E-state index contributed by atoms with van der Waals surface area (Å²) < 4.78 is 4.57. The monoisotopic (exact) mass is 174 g/mol. The van der Waals surface area contributed by atoms with Gasteiger partial charge in [-0.05, 0) is 6.08 Å². The van der Waals surface area contributed by atoms with Gasteiger partial charge in [-0.1, -0.05) is 0 Å². The van der Waals surface area contributed by atoms with Crippen molar-refractivity contribution in [3.05, 3.63) is 12.2 Å². The number of cyclic esters (lactones) is 1. The Morgan fingerprint density at radius 1 is 1.58 bits per heavy atom. The van der Waals surface area contributed by atoms with Crippen molar-refractivity contribution in [1.82, 2.24) is 0 Å². The summed E-state index contributed by atoms with van der Waals surface area (Å²) in [5.41, 5.74) is 0. The minimum atomic E-state index is -1.29. The zero-order valence-corrected chi connectivity index (χ0v) is 6.25. The quantitative estimate of drug-likeness (QED) is 0.439. The molecule has 68 valence electrons. The van der Waals surface area contributed by atoms with Crippen LogP contribution in [0.5, 0.6) is 0 Å². The fourth-order valence-corrected chi connectivity index (χ4v) is 0.897. The Balaban J connectivity index is 2.49. The van der Waals surface area contributed by atoms with Gasteiger partial charge in [-0.2, -0.15) is 0 Å². The first kappa shape index (κ1) is 9.18. The topological polar surface area (TPSA) is 87.0 Å². The molecule has 1 heterocycles. The van der Waals surface area contributed by atoms with Crippen LogP contribution in [-0.2, 0) is 9.53 Å². The minimum Gasteiger partial charge on any atom is -0.452 e. The lowest BCUT2D eigenvalue weighted by atomic mass is 10.1. The van der Waals surface area contributed by atoms with Crippen molar-refractivity contribution in [2.45, 2.75) is 18.3 Å². The van der Waals surface area contributed by atoms with E-state index in [4.69, 9.17) is 10.2 Å². The second-order valence-electron chi connectivity index (χ2n) is 2.50. The van der Waals surface area contributed by atoms with Gasteiger partial charge in [0.15, 0.2) is 0 Å². The summed E-state index contributed by atoms with van der Waals surface area (Å²) in [5, 5.41) is 26.6. The molecule has 0 aromatic heterocycles. The molecule has 5 nitrogen and oxygen atoms in total. The van der Waals surface area contributed by atoms with E-state index in [9.17, 15) is 9.90 Å². The third-order valence-corrected chi connectivity index (χ3v) is 1.59. The largest absolute Gasteiger partial charge is 0.452 e. The summed E-state index contributed by atoms with van der Waals surface area (Å²) >= 11 is 0. The first-order valence-corrected chi connectivity index (χ1v) is 3.51.